The summed E-state index contributed by atoms with van der Waals surface area (Å²) in [4.78, 5) is 14.4. The zero-order chi connectivity index (χ0) is 17.0. The summed E-state index contributed by atoms with van der Waals surface area (Å²) in [6, 6.07) is 4.50. The van der Waals surface area contributed by atoms with Crippen molar-refractivity contribution >= 4 is 5.91 Å². The molecule has 0 heterocycles. The average Bonchev–Trinajstić information content (AvgIpc) is 2.54. The zero-order valence-electron chi connectivity index (χ0n) is 13.7. The lowest BCUT2D eigenvalue weighted by atomic mass is 9.86. The van der Waals surface area contributed by atoms with Crippen LogP contribution in [0.1, 0.15) is 43.0 Å². The first-order valence-electron chi connectivity index (χ1n) is 7.82. The van der Waals surface area contributed by atoms with E-state index in [0.29, 0.717) is 11.5 Å². The number of halogens is 2. The first kappa shape index (κ1) is 17.5. The number of carbonyl (C=O) groups excluding carboxylic acids is 1. The molecular formula is C17H23F2NO3. The summed E-state index contributed by atoms with van der Waals surface area (Å²) < 4.78 is 34.1. The highest BCUT2D eigenvalue weighted by Crippen LogP contribution is 2.31. The van der Waals surface area contributed by atoms with Crippen LogP contribution in [0.3, 0.4) is 0 Å². The molecule has 6 heteroatoms. The van der Waals surface area contributed by atoms with Crippen molar-refractivity contribution in [1.29, 1.82) is 0 Å². The molecule has 0 saturated heterocycles. The van der Waals surface area contributed by atoms with Crippen LogP contribution in [0.4, 0.5) is 8.78 Å². The Balaban J connectivity index is 2.12. The number of alkyl halides is 2. The lowest BCUT2D eigenvalue weighted by Crippen LogP contribution is -2.39. The molecule has 0 bridgehead atoms. The molecule has 128 valence electrons. The molecule has 0 aromatic heterocycles. The van der Waals surface area contributed by atoms with Gasteiger partial charge in [0.1, 0.15) is 0 Å². The molecule has 0 aliphatic heterocycles. The van der Waals surface area contributed by atoms with Crippen LogP contribution in [-0.4, -0.2) is 37.6 Å². The van der Waals surface area contributed by atoms with Gasteiger partial charge in [0, 0.05) is 18.7 Å². The number of benzene rings is 1. The van der Waals surface area contributed by atoms with E-state index in [4.69, 9.17) is 4.74 Å². The second-order valence-corrected chi connectivity index (χ2v) is 6.07. The van der Waals surface area contributed by atoms with Gasteiger partial charge in [-0.25, -0.2) is 0 Å². The van der Waals surface area contributed by atoms with E-state index >= 15 is 0 Å². The Kier molecular flexibility index (Phi) is 5.80. The molecule has 0 spiro atoms. The SMILES string of the molecule is COc1cc(C(=O)N(C)C2CCC(C)CC2)ccc1OC(F)F. The number of carbonyl (C=O) groups is 1. The lowest BCUT2D eigenvalue weighted by molar-refractivity contribution is -0.0512. The Morgan fingerprint density at radius 2 is 1.87 bits per heavy atom. The molecule has 1 aromatic rings. The highest BCUT2D eigenvalue weighted by atomic mass is 19.3. The molecule has 0 N–H and O–H groups in total. The molecule has 1 fully saturated rings. The van der Waals surface area contributed by atoms with Crippen molar-refractivity contribution in [3.63, 3.8) is 0 Å². The number of rotatable bonds is 5. The summed E-state index contributed by atoms with van der Waals surface area (Å²) >= 11 is 0. The van der Waals surface area contributed by atoms with Crippen LogP contribution in [0.2, 0.25) is 0 Å². The number of amides is 1. The maximum atomic E-state index is 12.6. The third-order valence-corrected chi connectivity index (χ3v) is 4.48. The topological polar surface area (TPSA) is 38.8 Å². The predicted molar refractivity (Wildman–Crippen MR) is 83.1 cm³/mol. The van der Waals surface area contributed by atoms with E-state index < -0.39 is 6.61 Å². The van der Waals surface area contributed by atoms with Crippen molar-refractivity contribution in [2.45, 2.75) is 45.3 Å². The second kappa shape index (κ2) is 7.62. The van der Waals surface area contributed by atoms with Crippen molar-refractivity contribution in [3.05, 3.63) is 23.8 Å². The molecule has 0 atom stereocenters. The summed E-state index contributed by atoms with van der Waals surface area (Å²) in [5.41, 5.74) is 0.407. The minimum Gasteiger partial charge on any atom is -0.493 e. The Morgan fingerprint density at radius 1 is 1.22 bits per heavy atom. The van der Waals surface area contributed by atoms with Crippen LogP contribution in [0.15, 0.2) is 18.2 Å². The van der Waals surface area contributed by atoms with Crippen molar-refractivity contribution in [3.8, 4) is 11.5 Å². The standard InChI is InChI=1S/C17H23F2NO3/c1-11-4-7-13(8-5-11)20(2)16(21)12-6-9-14(23-17(18)19)15(10-12)22-3/h6,9-11,13,17H,4-5,7-8H2,1-3H3. The lowest BCUT2D eigenvalue weighted by Gasteiger charge is -2.33. The van der Waals surface area contributed by atoms with Gasteiger partial charge in [-0.15, -0.1) is 0 Å². The summed E-state index contributed by atoms with van der Waals surface area (Å²) in [6.45, 7) is -0.706. The average molecular weight is 327 g/mol. The van der Waals surface area contributed by atoms with Gasteiger partial charge >= 0.3 is 6.61 Å². The van der Waals surface area contributed by atoms with E-state index in [-0.39, 0.29) is 23.4 Å². The fourth-order valence-electron chi connectivity index (χ4n) is 2.99. The second-order valence-electron chi connectivity index (χ2n) is 6.07. The molecule has 0 radical (unpaired) electrons. The Bertz CT molecular complexity index is 543. The summed E-state index contributed by atoms with van der Waals surface area (Å²) in [5, 5.41) is 0. The van der Waals surface area contributed by atoms with Gasteiger partial charge in [-0.3, -0.25) is 4.79 Å². The Hall–Kier alpha value is -1.85. The van der Waals surface area contributed by atoms with Gasteiger partial charge in [-0.1, -0.05) is 6.92 Å². The minimum absolute atomic E-state index is 0.0757. The molecule has 0 unspecified atom stereocenters. The van der Waals surface area contributed by atoms with Gasteiger partial charge in [0.15, 0.2) is 11.5 Å². The molecule has 4 nitrogen and oxygen atoms in total. The fraction of sp³-hybridized carbons (Fsp3) is 0.588. The van der Waals surface area contributed by atoms with E-state index in [0.717, 1.165) is 25.7 Å². The minimum atomic E-state index is -2.93. The normalized spacial score (nSPS) is 21.1. The number of hydrogen-bond donors (Lipinski definition) is 0. The highest BCUT2D eigenvalue weighted by molar-refractivity contribution is 5.95. The van der Waals surface area contributed by atoms with E-state index in [2.05, 4.69) is 11.7 Å². The Labute approximate surface area is 135 Å². The van der Waals surface area contributed by atoms with Crippen molar-refractivity contribution in [2.75, 3.05) is 14.2 Å². The molecule has 1 aliphatic carbocycles. The quantitative estimate of drug-likeness (QED) is 0.822. The monoisotopic (exact) mass is 327 g/mol. The Morgan fingerprint density at radius 3 is 2.43 bits per heavy atom. The van der Waals surface area contributed by atoms with Gasteiger partial charge in [0.25, 0.3) is 5.91 Å². The van der Waals surface area contributed by atoms with Crippen molar-refractivity contribution in [1.82, 2.24) is 4.90 Å². The highest BCUT2D eigenvalue weighted by Gasteiger charge is 2.26. The first-order valence-corrected chi connectivity index (χ1v) is 7.82. The summed E-state index contributed by atoms with van der Waals surface area (Å²) in [5.74, 6) is 0.627. The molecular weight excluding hydrogens is 304 g/mol. The molecule has 1 aromatic carbocycles. The fourth-order valence-corrected chi connectivity index (χ4v) is 2.99. The smallest absolute Gasteiger partial charge is 0.387 e. The predicted octanol–water partition coefficient (Wildman–Crippen LogP) is 3.95. The first-order chi connectivity index (χ1) is 10.9. The molecule has 1 aliphatic rings. The molecule has 23 heavy (non-hydrogen) atoms. The molecule has 1 saturated carbocycles. The van der Waals surface area contributed by atoms with E-state index in [1.165, 1.54) is 25.3 Å². The van der Waals surface area contributed by atoms with Crippen LogP contribution < -0.4 is 9.47 Å². The van der Waals surface area contributed by atoms with Gasteiger partial charge in [0.2, 0.25) is 0 Å². The summed E-state index contributed by atoms with van der Waals surface area (Å²) in [6.07, 6.45) is 4.22. The number of ether oxygens (including phenoxy) is 2. The molecule has 2 rings (SSSR count). The van der Waals surface area contributed by atoms with Crippen molar-refractivity contribution < 1.29 is 23.0 Å². The van der Waals surface area contributed by atoms with Crippen LogP contribution in [0.5, 0.6) is 11.5 Å². The van der Waals surface area contributed by atoms with Gasteiger partial charge in [0.05, 0.1) is 7.11 Å². The van der Waals surface area contributed by atoms with Crippen molar-refractivity contribution in [2.24, 2.45) is 5.92 Å². The van der Waals surface area contributed by atoms with Crippen LogP contribution >= 0.6 is 0 Å². The zero-order valence-corrected chi connectivity index (χ0v) is 13.7. The van der Waals surface area contributed by atoms with Crippen LogP contribution in [-0.2, 0) is 0 Å². The third-order valence-electron chi connectivity index (χ3n) is 4.48. The van der Waals surface area contributed by atoms with Gasteiger partial charge in [-0.2, -0.15) is 8.78 Å². The number of hydrogen-bond acceptors (Lipinski definition) is 3. The van der Waals surface area contributed by atoms with E-state index in [9.17, 15) is 13.6 Å². The largest absolute Gasteiger partial charge is 0.493 e. The number of nitrogens with zero attached hydrogens (tertiary/aromatic N) is 1. The molecule has 1 amide bonds. The van der Waals surface area contributed by atoms with Gasteiger partial charge < -0.3 is 14.4 Å². The van der Waals surface area contributed by atoms with Crippen LogP contribution in [0, 0.1) is 5.92 Å². The van der Waals surface area contributed by atoms with Crippen LogP contribution in [0.25, 0.3) is 0 Å². The van der Waals surface area contributed by atoms with E-state index in [1.54, 1.807) is 11.9 Å². The maximum Gasteiger partial charge on any atom is 0.387 e. The van der Waals surface area contributed by atoms with E-state index in [1.807, 2.05) is 0 Å². The summed E-state index contributed by atoms with van der Waals surface area (Å²) in [7, 11) is 3.15. The van der Waals surface area contributed by atoms with Gasteiger partial charge in [-0.05, 0) is 49.8 Å². The third kappa shape index (κ3) is 4.33. The number of methoxy groups -OCH3 is 1. The maximum absolute atomic E-state index is 12.6.